The van der Waals surface area contributed by atoms with Gasteiger partial charge in [-0.05, 0) is 12.1 Å². The van der Waals surface area contributed by atoms with Gasteiger partial charge in [0.2, 0.25) is 5.88 Å². The Morgan fingerprint density at radius 2 is 2.20 bits per heavy atom. The molecule has 0 aliphatic rings. The summed E-state index contributed by atoms with van der Waals surface area (Å²) >= 11 is 0. The molecule has 0 saturated carbocycles. The summed E-state index contributed by atoms with van der Waals surface area (Å²) < 4.78 is 10.0. The van der Waals surface area contributed by atoms with Crippen molar-refractivity contribution < 1.29 is 19.4 Å². The van der Waals surface area contributed by atoms with Crippen molar-refractivity contribution in [3.63, 3.8) is 0 Å². The SMILES string of the molecule is COc1ccnc(OC)c1/C=C/C(=O)O. The largest absolute Gasteiger partial charge is 0.496 e. The van der Waals surface area contributed by atoms with E-state index in [0.29, 0.717) is 17.2 Å². The molecule has 1 N–H and O–H groups in total. The van der Waals surface area contributed by atoms with E-state index in [4.69, 9.17) is 14.6 Å². The van der Waals surface area contributed by atoms with Gasteiger partial charge < -0.3 is 14.6 Å². The van der Waals surface area contributed by atoms with Crippen LogP contribution in [0.4, 0.5) is 0 Å². The number of pyridine rings is 1. The Kier molecular flexibility index (Phi) is 3.68. The monoisotopic (exact) mass is 209 g/mol. The van der Waals surface area contributed by atoms with Crippen LogP contribution in [0.3, 0.4) is 0 Å². The third-order valence-electron chi connectivity index (χ3n) is 1.72. The van der Waals surface area contributed by atoms with Crippen molar-refractivity contribution in [3.05, 3.63) is 23.9 Å². The molecule has 0 unspecified atom stereocenters. The highest BCUT2D eigenvalue weighted by Gasteiger charge is 2.07. The minimum atomic E-state index is -1.04. The van der Waals surface area contributed by atoms with Crippen molar-refractivity contribution in [2.45, 2.75) is 0 Å². The Morgan fingerprint density at radius 3 is 2.73 bits per heavy atom. The molecule has 5 nitrogen and oxygen atoms in total. The van der Waals surface area contributed by atoms with E-state index in [9.17, 15) is 4.79 Å². The smallest absolute Gasteiger partial charge is 0.328 e. The number of aromatic nitrogens is 1. The summed E-state index contributed by atoms with van der Waals surface area (Å²) in [6.07, 6.45) is 3.91. The number of aliphatic carboxylic acids is 1. The van der Waals surface area contributed by atoms with Gasteiger partial charge in [0.25, 0.3) is 0 Å². The van der Waals surface area contributed by atoms with Crippen LogP contribution in [0.1, 0.15) is 5.56 Å². The number of nitrogens with zero attached hydrogens (tertiary/aromatic N) is 1. The van der Waals surface area contributed by atoms with Crippen LogP contribution in [0, 0.1) is 0 Å². The van der Waals surface area contributed by atoms with E-state index in [1.807, 2.05) is 0 Å². The summed E-state index contributed by atoms with van der Waals surface area (Å²) in [5.74, 6) is -0.200. The van der Waals surface area contributed by atoms with Crippen molar-refractivity contribution in [2.75, 3.05) is 14.2 Å². The average Bonchev–Trinajstić information content (AvgIpc) is 2.25. The average molecular weight is 209 g/mol. The Balaban J connectivity index is 3.16. The lowest BCUT2D eigenvalue weighted by atomic mass is 10.2. The summed E-state index contributed by atoms with van der Waals surface area (Å²) in [5.41, 5.74) is 0.505. The second kappa shape index (κ2) is 4.99. The molecular formula is C10H11NO4. The molecule has 0 atom stereocenters. The maximum atomic E-state index is 10.4. The zero-order chi connectivity index (χ0) is 11.3. The quantitative estimate of drug-likeness (QED) is 0.754. The Bertz CT molecular complexity index is 365. The fourth-order valence-corrected chi connectivity index (χ4v) is 1.09. The van der Waals surface area contributed by atoms with Gasteiger partial charge in [0, 0.05) is 12.3 Å². The van der Waals surface area contributed by atoms with Gasteiger partial charge in [-0.2, -0.15) is 0 Å². The summed E-state index contributed by atoms with van der Waals surface area (Å²) in [6, 6.07) is 1.63. The fourth-order valence-electron chi connectivity index (χ4n) is 1.09. The lowest BCUT2D eigenvalue weighted by molar-refractivity contribution is -0.131. The molecule has 0 saturated heterocycles. The normalized spacial score (nSPS) is 10.3. The first-order valence-electron chi connectivity index (χ1n) is 4.17. The van der Waals surface area contributed by atoms with Crippen LogP contribution in [0.5, 0.6) is 11.6 Å². The standard InChI is InChI=1S/C10H11NO4/c1-14-8-5-6-11-10(15-2)7(8)3-4-9(12)13/h3-6H,1-2H3,(H,12,13)/b4-3+. The number of carboxylic acids is 1. The molecule has 0 aliphatic carbocycles. The van der Waals surface area contributed by atoms with Crippen molar-refractivity contribution >= 4 is 12.0 Å². The maximum Gasteiger partial charge on any atom is 0.328 e. The number of hydrogen-bond donors (Lipinski definition) is 1. The van der Waals surface area contributed by atoms with Crippen LogP contribution in [0.2, 0.25) is 0 Å². The highest BCUT2D eigenvalue weighted by Crippen LogP contribution is 2.26. The zero-order valence-corrected chi connectivity index (χ0v) is 8.43. The first kappa shape index (κ1) is 11.0. The maximum absolute atomic E-state index is 10.4. The summed E-state index contributed by atoms with van der Waals surface area (Å²) in [7, 11) is 2.95. The van der Waals surface area contributed by atoms with E-state index in [0.717, 1.165) is 6.08 Å². The minimum absolute atomic E-state index is 0.326. The Hall–Kier alpha value is -2.04. The van der Waals surface area contributed by atoms with Crippen LogP contribution < -0.4 is 9.47 Å². The van der Waals surface area contributed by atoms with Gasteiger partial charge >= 0.3 is 5.97 Å². The van der Waals surface area contributed by atoms with Gasteiger partial charge in [-0.15, -0.1) is 0 Å². The van der Waals surface area contributed by atoms with E-state index >= 15 is 0 Å². The molecule has 0 fully saturated rings. The predicted molar refractivity (Wildman–Crippen MR) is 54.0 cm³/mol. The molecule has 0 amide bonds. The number of methoxy groups -OCH3 is 2. The highest BCUT2D eigenvalue weighted by molar-refractivity contribution is 5.86. The molecule has 0 aromatic carbocycles. The van der Waals surface area contributed by atoms with Gasteiger partial charge in [-0.1, -0.05) is 0 Å². The van der Waals surface area contributed by atoms with Crippen LogP contribution >= 0.6 is 0 Å². The second-order valence-corrected chi connectivity index (χ2v) is 2.61. The van der Waals surface area contributed by atoms with Gasteiger partial charge in [0.05, 0.1) is 19.8 Å². The molecule has 0 radical (unpaired) electrons. The minimum Gasteiger partial charge on any atom is -0.496 e. The molecule has 80 valence electrons. The highest BCUT2D eigenvalue weighted by atomic mass is 16.5. The summed E-state index contributed by atoms with van der Waals surface area (Å²) in [5, 5.41) is 8.51. The van der Waals surface area contributed by atoms with Gasteiger partial charge in [-0.25, -0.2) is 9.78 Å². The Morgan fingerprint density at radius 1 is 1.47 bits per heavy atom. The summed E-state index contributed by atoms with van der Waals surface area (Å²) in [6.45, 7) is 0. The first-order valence-corrected chi connectivity index (χ1v) is 4.17. The van der Waals surface area contributed by atoms with Crippen LogP contribution in [-0.4, -0.2) is 30.3 Å². The third kappa shape index (κ3) is 2.70. The Labute approximate surface area is 87.0 Å². The molecule has 1 rings (SSSR count). The van der Waals surface area contributed by atoms with E-state index < -0.39 is 5.97 Å². The number of hydrogen-bond acceptors (Lipinski definition) is 4. The second-order valence-electron chi connectivity index (χ2n) is 2.61. The van der Waals surface area contributed by atoms with Crippen LogP contribution in [0.15, 0.2) is 18.3 Å². The lowest BCUT2D eigenvalue weighted by Gasteiger charge is -2.07. The molecular weight excluding hydrogens is 198 g/mol. The molecule has 1 aromatic rings. The number of ether oxygens (including phenoxy) is 2. The van der Waals surface area contributed by atoms with E-state index in [1.165, 1.54) is 26.5 Å². The fraction of sp³-hybridized carbons (Fsp3) is 0.200. The number of carboxylic acid groups (broad SMARTS) is 1. The van der Waals surface area contributed by atoms with E-state index in [2.05, 4.69) is 4.98 Å². The molecule has 1 aromatic heterocycles. The van der Waals surface area contributed by atoms with Crippen molar-refractivity contribution in [1.29, 1.82) is 0 Å². The third-order valence-corrected chi connectivity index (χ3v) is 1.72. The van der Waals surface area contributed by atoms with Gasteiger partial charge in [0.1, 0.15) is 5.75 Å². The van der Waals surface area contributed by atoms with Gasteiger partial charge in [-0.3, -0.25) is 0 Å². The lowest BCUT2D eigenvalue weighted by Crippen LogP contribution is -1.95. The number of carbonyl (C=O) groups is 1. The first-order chi connectivity index (χ1) is 7.19. The van der Waals surface area contributed by atoms with Crippen molar-refractivity contribution in [3.8, 4) is 11.6 Å². The summed E-state index contributed by atoms with van der Waals surface area (Å²) in [4.78, 5) is 14.3. The van der Waals surface area contributed by atoms with Crippen LogP contribution in [-0.2, 0) is 4.79 Å². The topological polar surface area (TPSA) is 68.7 Å². The molecule has 1 heterocycles. The van der Waals surface area contributed by atoms with Gasteiger partial charge in [0.15, 0.2) is 0 Å². The molecule has 5 heteroatoms. The van der Waals surface area contributed by atoms with Crippen molar-refractivity contribution in [2.24, 2.45) is 0 Å². The molecule has 0 aliphatic heterocycles. The number of rotatable bonds is 4. The molecule has 0 bridgehead atoms. The van der Waals surface area contributed by atoms with E-state index in [1.54, 1.807) is 6.07 Å². The van der Waals surface area contributed by atoms with Crippen LogP contribution in [0.25, 0.3) is 6.08 Å². The molecule has 15 heavy (non-hydrogen) atoms. The predicted octanol–water partition coefficient (Wildman–Crippen LogP) is 1.20. The zero-order valence-electron chi connectivity index (χ0n) is 8.43. The molecule has 0 spiro atoms. The van der Waals surface area contributed by atoms with E-state index in [-0.39, 0.29) is 0 Å². The van der Waals surface area contributed by atoms with Crippen molar-refractivity contribution in [1.82, 2.24) is 4.98 Å².